The summed E-state index contributed by atoms with van der Waals surface area (Å²) in [5.74, 6) is 0.647. The van der Waals surface area contributed by atoms with E-state index in [9.17, 15) is 4.79 Å². The van der Waals surface area contributed by atoms with Crippen LogP contribution in [-0.4, -0.2) is 30.0 Å². The predicted octanol–water partition coefficient (Wildman–Crippen LogP) is -0.435. The summed E-state index contributed by atoms with van der Waals surface area (Å²) in [7, 11) is 0. The smallest absolute Gasteiger partial charge is 0.230 e. The van der Waals surface area contributed by atoms with Gasteiger partial charge in [0.05, 0.1) is 5.75 Å². The van der Waals surface area contributed by atoms with E-state index >= 15 is 0 Å². The standard InChI is InChI=1S/C6H12N2OS/c1-10-3-6(9)8-5-2-4(5)7/h4-5H,2-3,7H2,1H3,(H,8,9). The van der Waals surface area contributed by atoms with Crippen molar-refractivity contribution in [2.75, 3.05) is 12.0 Å². The second-order valence-electron chi connectivity index (χ2n) is 2.51. The number of thioether (sulfide) groups is 1. The summed E-state index contributed by atoms with van der Waals surface area (Å²) in [5, 5.41) is 2.82. The lowest BCUT2D eigenvalue weighted by molar-refractivity contribution is -0.118. The van der Waals surface area contributed by atoms with Gasteiger partial charge in [0, 0.05) is 12.1 Å². The molecule has 0 aliphatic heterocycles. The number of amides is 1. The highest BCUT2D eigenvalue weighted by Crippen LogP contribution is 2.17. The van der Waals surface area contributed by atoms with Crippen LogP contribution in [0.5, 0.6) is 0 Å². The predicted molar refractivity (Wildman–Crippen MR) is 42.9 cm³/mol. The van der Waals surface area contributed by atoms with Crippen molar-refractivity contribution in [1.29, 1.82) is 0 Å². The van der Waals surface area contributed by atoms with Crippen molar-refractivity contribution in [2.24, 2.45) is 5.73 Å². The number of nitrogens with one attached hydrogen (secondary N) is 1. The first-order valence-electron chi connectivity index (χ1n) is 3.28. The van der Waals surface area contributed by atoms with E-state index < -0.39 is 0 Å². The normalized spacial score (nSPS) is 29.8. The third-order valence-corrected chi connectivity index (χ3v) is 2.01. The van der Waals surface area contributed by atoms with Crippen molar-refractivity contribution in [1.82, 2.24) is 5.32 Å². The Morgan fingerprint density at radius 2 is 2.50 bits per heavy atom. The van der Waals surface area contributed by atoms with Gasteiger partial charge in [0.2, 0.25) is 5.91 Å². The Bertz CT molecular complexity index is 140. The Morgan fingerprint density at radius 1 is 1.90 bits per heavy atom. The van der Waals surface area contributed by atoms with Gasteiger partial charge in [0.1, 0.15) is 0 Å². The minimum atomic E-state index is 0.102. The second-order valence-corrected chi connectivity index (χ2v) is 3.37. The fraction of sp³-hybridized carbons (Fsp3) is 0.833. The zero-order valence-electron chi connectivity index (χ0n) is 5.96. The SMILES string of the molecule is CSCC(=O)NC1CC1N. The van der Waals surface area contributed by atoms with Crippen LogP contribution in [0.25, 0.3) is 0 Å². The lowest BCUT2D eigenvalue weighted by Gasteiger charge is -1.99. The van der Waals surface area contributed by atoms with Crippen LogP contribution < -0.4 is 11.1 Å². The van der Waals surface area contributed by atoms with Crippen molar-refractivity contribution in [3.63, 3.8) is 0 Å². The van der Waals surface area contributed by atoms with Gasteiger partial charge in [-0.05, 0) is 12.7 Å². The Hall–Kier alpha value is -0.220. The molecule has 3 nitrogen and oxygen atoms in total. The highest BCUT2D eigenvalue weighted by molar-refractivity contribution is 7.99. The molecular weight excluding hydrogens is 148 g/mol. The lowest BCUT2D eigenvalue weighted by Crippen LogP contribution is -2.30. The van der Waals surface area contributed by atoms with Gasteiger partial charge < -0.3 is 11.1 Å². The van der Waals surface area contributed by atoms with Crippen LogP contribution in [0.4, 0.5) is 0 Å². The largest absolute Gasteiger partial charge is 0.351 e. The average Bonchev–Trinajstić information content (AvgIpc) is 2.47. The van der Waals surface area contributed by atoms with Gasteiger partial charge in [-0.1, -0.05) is 0 Å². The molecule has 3 N–H and O–H groups in total. The summed E-state index contributed by atoms with van der Waals surface area (Å²) in [6.07, 6.45) is 2.85. The monoisotopic (exact) mass is 160 g/mol. The Kier molecular flexibility index (Phi) is 2.56. The van der Waals surface area contributed by atoms with Crippen LogP contribution in [0.3, 0.4) is 0 Å². The molecule has 1 fully saturated rings. The van der Waals surface area contributed by atoms with Crippen LogP contribution >= 0.6 is 11.8 Å². The van der Waals surface area contributed by atoms with Gasteiger partial charge in [0.25, 0.3) is 0 Å². The number of carbonyl (C=O) groups is 1. The van der Waals surface area contributed by atoms with Gasteiger partial charge in [-0.15, -0.1) is 0 Å². The van der Waals surface area contributed by atoms with E-state index in [1.165, 1.54) is 11.8 Å². The minimum absolute atomic E-state index is 0.102. The fourth-order valence-corrected chi connectivity index (χ4v) is 1.11. The van der Waals surface area contributed by atoms with Crippen LogP contribution in [0.2, 0.25) is 0 Å². The first kappa shape index (κ1) is 7.88. The number of rotatable bonds is 3. The molecule has 0 aromatic carbocycles. The summed E-state index contributed by atoms with van der Waals surface area (Å²) >= 11 is 1.53. The maximum Gasteiger partial charge on any atom is 0.230 e. The summed E-state index contributed by atoms with van der Waals surface area (Å²) in [5.41, 5.74) is 5.49. The topological polar surface area (TPSA) is 55.1 Å². The van der Waals surface area contributed by atoms with Gasteiger partial charge in [-0.25, -0.2) is 0 Å². The van der Waals surface area contributed by atoms with Crippen LogP contribution in [0.15, 0.2) is 0 Å². The molecule has 0 radical (unpaired) electrons. The van der Waals surface area contributed by atoms with Crippen molar-refractivity contribution >= 4 is 17.7 Å². The zero-order chi connectivity index (χ0) is 7.56. The summed E-state index contributed by atoms with van der Waals surface area (Å²) in [6, 6.07) is 0.477. The molecule has 0 aromatic heterocycles. The molecule has 0 aromatic rings. The first-order chi connectivity index (χ1) is 4.74. The Morgan fingerprint density at radius 3 is 2.90 bits per heavy atom. The molecule has 0 spiro atoms. The fourth-order valence-electron chi connectivity index (χ4n) is 0.760. The lowest BCUT2D eigenvalue weighted by atomic mass is 10.6. The van der Waals surface area contributed by atoms with Gasteiger partial charge in [-0.3, -0.25) is 4.79 Å². The first-order valence-corrected chi connectivity index (χ1v) is 4.67. The van der Waals surface area contributed by atoms with Crippen LogP contribution in [-0.2, 0) is 4.79 Å². The maximum atomic E-state index is 10.9. The molecule has 1 saturated carbocycles. The number of hydrogen-bond acceptors (Lipinski definition) is 3. The Balaban J connectivity index is 2.07. The third-order valence-electron chi connectivity index (χ3n) is 1.46. The van der Waals surface area contributed by atoms with E-state index in [0.29, 0.717) is 5.75 Å². The van der Waals surface area contributed by atoms with E-state index in [1.54, 1.807) is 0 Å². The Labute approximate surface area is 64.7 Å². The van der Waals surface area contributed by atoms with E-state index in [1.807, 2.05) is 6.26 Å². The summed E-state index contributed by atoms with van der Waals surface area (Å²) in [6.45, 7) is 0. The summed E-state index contributed by atoms with van der Waals surface area (Å²) in [4.78, 5) is 10.9. The van der Waals surface area contributed by atoms with Gasteiger partial charge >= 0.3 is 0 Å². The number of nitrogens with two attached hydrogens (primary N) is 1. The van der Waals surface area contributed by atoms with Crippen molar-refractivity contribution in [3.05, 3.63) is 0 Å². The molecule has 0 saturated heterocycles. The van der Waals surface area contributed by atoms with E-state index in [4.69, 9.17) is 5.73 Å². The third kappa shape index (κ3) is 2.19. The minimum Gasteiger partial charge on any atom is -0.351 e. The van der Waals surface area contributed by atoms with Crippen molar-refractivity contribution in [3.8, 4) is 0 Å². The quantitative estimate of drug-likeness (QED) is 0.589. The van der Waals surface area contributed by atoms with E-state index in [2.05, 4.69) is 5.32 Å². The second kappa shape index (κ2) is 3.25. The number of hydrogen-bond donors (Lipinski definition) is 2. The highest BCUT2D eigenvalue weighted by Gasteiger charge is 2.34. The van der Waals surface area contributed by atoms with Gasteiger partial charge in [-0.2, -0.15) is 11.8 Å². The molecule has 2 atom stereocenters. The van der Waals surface area contributed by atoms with Crippen molar-refractivity contribution in [2.45, 2.75) is 18.5 Å². The highest BCUT2D eigenvalue weighted by atomic mass is 32.2. The molecule has 4 heteroatoms. The molecule has 10 heavy (non-hydrogen) atoms. The molecule has 1 rings (SSSR count). The van der Waals surface area contributed by atoms with E-state index in [0.717, 1.165) is 6.42 Å². The molecule has 58 valence electrons. The molecule has 2 unspecified atom stereocenters. The van der Waals surface area contributed by atoms with Crippen molar-refractivity contribution < 1.29 is 4.79 Å². The zero-order valence-corrected chi connectivity index (χ0v) is 6.78. The summed E-state index contributed by atoms with van der Waals surface area (Å²) < 4.78 is 0. The van der Waals surface area contributed by atoms with E-state index in [-0.39, 0.29) is 18.0 Å². The van der Waals surface area contributed by atoms with Crippen LogP contribution in [0.1, 0.15) is 6.42 Å². The molecule has 0 heterocycles. The number of carbonyl (C=O) groups excluding carboxylic acids is 1. The average molecular weight is 160 g/mol. The maximum absolute atomic E-state index is 10.9. The molecule has 1 amide bonds. The molecule has 0 bridgehead atoms. The molecule has 1 aliphatic rings. The molecular formula is C6H12N2OS. The van der Waals surface area contributed by atoms with Crippen LogP contribution in [0, 0.1) is 0 Å². The van der Waals surface area contributed by atoms with Gasteiger partial charge in [0.15, 0.2) is 0 Å². The molecule has 1 aliphatic carbocycles.